The standard InChI is InChI=1S/C24H20N4O3/c1-14-3-2-4-18(21(14)28-22(29)15-9-11-25-12-10-15)23(30)26-17-7-8-20-19(13-17)27-24(31-20)16-5-6-16/h2-4,7-13,16H,5-6H2,1H3,(H,26,30)(H,28,29). The smallest absolute Gasteiger partial charge is 0.257 e. The zero-order valence-electron chi connectivity index (χ0n) is 16.9. The Labute approximate surface area is 178 Å². The van der Waals surface area contributed by atoms with Gasteiger partial charge < -0.3 is 15.1 Å². The second kappa shape index (κ2) is 7.68. The average Bonchev–Trinajstić information content (AvgIpc) is 3.55. The van der Waals surface area contributed by atoms with Crippen LogP contribution in [0.4, 0.5) is 11.4 Å². The minimum absolute atomic E-state index is 0.303. The van der Waals surface area contributed by atoms with E-state index in [1.807, 2.05) is 19.1 Å². The number of oxazole rings is 1. The number of anilines is 2. The number of hydrogen-bond donors (Lipinski definition) is 2. The Morgan fingerprint density at radius 3 is 2.58 bits per heavy atom. The van der Waals surface area contributed by atoms with Crippen molar-refractivity contribution in [3.05, 3.63) is 83.5 Å². The highest BCUT2D eigenvalue weighted by molar-refractivity contribution is 6.13. The molecule has 2 aromatic carbocycles. The second-order valence-electron chi connectivity index (χ2n) is 7.65. The van der Waals surface area contributed by atoms with E-state index in [2.05, 4.69) is 20.6 Å². The van der Waals surface area contributed by atoms with Gasteiger partial charge in [0, 0.05) is 29.6 Å². The fourth-order valence-electron chi connectivity index (χ4n) is 3.44. The van der Waals surface area contributed by atoms with Gasteiger partial charge in [-0.15, -0.1) is 0 Å². The predicted molar refractivity (Wildman–Crippen MR) is 117 cm³/mol. The molecule has 1 fully saturated rings. The molecule has 5 rings (SSSR count). The third kappa shape index (κ3) is 3.90. The Bertz CT molecular complexity index is 1290. The number of rotatable bonds is 5. The molecule has 2 heterocycles. The summed E-state index contributed by atoms with van der Waals surface area (Å²) in [6.07, 6.45) is 5.32. The summed E-state index contributed by atoms with van der Waals surface area (Å²) >= 11 is 0. The Balaban J connectivity index is 1.39. The van der Waals surface area contributed by atoms with Gasteiger partial charge in [0.15, 0.2) is 11.5 Å². The maximum atomic E-state index is 13.0. The molecule has 7 heteroatoms. The van der Waals surface area contributed by atoms with E-state index in [1.54, 1.807) is 48.8 Å². The molecule has 0 saturated heterocycles. The first kappa shape index (κ1) is 19.0. The van der Waals surface area contributed by atoms with Gasteiger partial charge in [0.05, 0.1) is 11.3 Å². The maximum absolute atomic E-state index is 13.0. The Hall–Kier alpha value is -4.00. The van der Waals surface area contributed by atoms with Gasteiger partial charge in [-0.3, -0.25) is 14.6 Å². The summed E-state index contributed by atoms with van der Waals surface area (Å²) in [7, 11) is 0. The summed E-state index contributed by atoms with van der Waals surface area (Å²) in [6, 6.07) is 14.0. The number of amides is 2. The van der Waals surface area contributed by atoms with Crippen LogP contribution in [0.2, 0.25) is 0 Å². The van der Waals surface area contributed by atoms with E-state index in [0.717, 1.165) is 29.8 Å². The van der Waals surface area contributed by atoms with Crippen molar-refractivity contribution in [3.63, 3.8) is 0 Å². The molecular weight excluding hydrogens is 392 g/mol. The first-order chi connectivity index (χ1) is 15.1. The van der Waals surface area contributed by atoms with Crippen LogP contribution in [0.3, 0.4) is 0 Å². The Kier molecular flexibility index (Phi) is 4.71. The lowest BCUT2D eigenvalue weighted by molar-refractivity contribution is 0.102. The van der Waals surface area contributed by atoms with Crippen LogP contribution >= 0.6 is 0 Å². The molecule has 0 unspecified atom stereocenters. The molecule has 0 bridgehead atoms. The van der Waals surface area contributed by atoms with Crippen molar-refractivity contribution < 1.29 is 14.0 Å². The molecule has 2 amide bonds. The second-order valence-corrected chi connectivity index (χ2v) is 7.65. The lowest BCUT2D eigenvalue weighted by atomic mass is 10.1. The van der Waals surface area contributed by atoms with E-state index in [-0.39, 0.29) is 11.8 Å². The van der Waals surface area contributed by atoms with E-state index < -0.39 is 0 Å². The summed E-state index contributed by atoms with van der Waals surface area (Å²) in [5.74, 6) is 0.559. The number of carbonyl (C=O) groups excluding carboxylic acids is 2. The number of para-hydroxylation sites is 1. The minimum atomic E-state index is -0.320. The zero-order valence-corrected chi connectivity index (χ0v) is 16.9. The molecular formula is C24H20N4O3. The normalized spacial score (nSPS) is 13.2. The quantitative estimate of drug-likeness (QED) is 0.485. The van der Waals surface area contributed by atoms with Crippen molar-refractivity contribution in [3.8, 4) is 0 Å². The number of aryl methyl sites for hydroxylation is 1. The number of nitrogens with zero attached hydrogens (tertiary/aromatic N) is 2. The molecule has 2 N–H and O–H groups in total. The molecule has 154 valence electrons. The van der Waals surface area contributed by atoms with Gasteiger partial charge in [-0.05, 0) is 61.7 Å². The van der Waals surface area contributed by atoms with Crippen molar-refractivity contribution in [2.24, 2.45) is 0 Å². The SMILES string of the molecule is Cc1cccc(C(=O)Nc2ccc3oc(C4CC4)nc3c2)c1NC(=O)c1ccncc1. The van der Waals surface area contributed by atoms with E-state index >= 15 is 0 Å². The van der Waals surface area contributed by atoms with Crippen LogP contribution in [0.25, 0.3) is 11.1 Å². The van der Waals surface area contributed by atoms with E-state index in [1.165, 1.54) is 0 Å². The van der Waals surface area contributed by atoms with Crippen LogP contribution in [-0.4, -0.2) is 21.8 Å². The first-order valence-corrected chi connectivity index (χ1v) is 10.1. The fourth-order valence-corrected chi connectivity index (χ4v) is 3.44. The van der Waals surface area contributed by atoms with Crippen molar-refractivity contribution in [1.82, 2.24) is 9.97 Å². The topological polar surface area (TPSA) is 97.1 Å². The zero-order chi connectivity index (χ0) is 21.4. The summed E-state index contributed by atoms with van der Waals surface area (Å²) in [4.78, 5) is 34.1. The third-order valence-corrected chi connectivity index (χ3v) is 5.29. The summed E-state index contributed by atoms with van der Waals surface area (Å²) in [5, 5.41) is 5.76. The van der Waals surface area contributed by atoms with Crippen LogP contribution in [0.1, 0.15) is 50.9 Å². The van der Waals surface area contributed by atoms with Gasteiger partial charge in [-0.2, -0.15) is 0 Å². The molecule has 0 radical (unpaired) electrons. The van der Waals surface area contributed by atoms with Gasteiger partial charge >= 0.3 is 0 Å². The summed E-state index contributed by atoms with van der Waals surface area (Å²) in [5.41, 5.74) is 4.14. The molecule has 4 aromatic rings. The lowest BCUT2D eigenvalue weighted by Gasteiger charge is -2.14. The number of pyridine rings is 1. The predicted octanol–water partition coefficient (Wildman–Crippen LogP) is 4.91. The lowest BCUT2D eigenvalue weighted by Crippen LogP contribution is -2.19. The number of aromatic nitrogens is 2. The van der Waals surface area contributed by atoms with Gasteiger partial charge in [0.1, 0.15) is 5.52 Å². The molecule has 1 saturated carbocycles. The minimum Gasteiger partial charge on any atom is -0.440 e. The van der Waals surface area contributed by atoms with E-state index in [4.69, 9.17) is 4.42 Å². The molecule has 1 aliphatic rings. The van der Waals surface area contributed by atoms with Gasteiger partial charge in [0.25, 0.3) is 11.8 Å². The highest BCUT2D eigenvalue weighted by Crippen LogP contribution is 2.40. The fraction of sp³-hybridized carbons (Fsp3) is 0.167. The Morgan fingerprint density at radius 2 is 1.81 bits per heavy atom. The first-order valence-electron chi connectivity index (χ1n) is 10.1. The van der Waals surface area contributed by atoms with Crippen LogP contribution < -0.4 is 10.6 Å². The van der Waals surface area contributed by atoms with Gasteiger partial charge in [0.2, 0.25) is 0 Å². The number of carbonyl (C=O) groups is 2. The van der Waals surface area contributed by atoms with Crippen LogP contribution in [-0.2, 0) is 0 Å². The van der Waals surface area contributed by atoms with Gasteiger partial charge in [-0.1, -0.05) is 12.1 Å². The van der Waals surface area contributed by atoms with E-state index in [9.17, 15) is 9.59 Å². The monoisotopic (exact) mass is 412 g/mol. The molecule has 0 aliphatic heterocycles. The molecule has 0 atom stereocenters. The van der Waals surface area contributed by atoms with Crippen LogP contribution in [0.15, 0.2) is 65.3 Å². The highest BCUT2D eigenvalue weighted by atomic mass is 16.3. The summed E-state index contributed by atoms with van der Waals surface area (Å²) in [6.45, 7) is 1.85. The van der Waals surface area contributed by atoms with Crippen molar-refractivity contribution in [2.45, 2.75) is 25.7 Å². The van der Waals surface area contributed by atoms with Crippen LogP contribution in [0, 0.1) is 6.92 Å². The largest absolute Gasteiger partial charge is 0.440 e. The molecule has 0 spiro atoms. The van der Waals surface area contributed by atoms with Crippen LogP contribution in [0.5, 0.6) is 0 Å². The molecule has 7 nitrogen and oxygen atoms in total. The van der Waals surface area contributed by atoms with Crippen molar-refractivity contribution >= 4 is 34.3 Å². The highest BCUT2D eigenvalue weighted by Gasteiger charge is 2.29. The third-order valence-electron chi connectivity index (χ3n) is 5.29. The molecule has 1 aliphatic carbocycles. The maximum Gasteiger partial charge on any atom is 0.257 e. The number of benzene rings is 2. The number of nitrogens with one attached hydrogen (secondary N) is 2. The summed E-state index contributed by atoms with van der Waals surface area (Å²) < 4.78 is 5.78. The molecule has 2 aromatic heterocycles. The average molecular weight is 412 g/mol. The van der Waals surface area contributed by atoms with E-state index in [0.29, 0.717) is 34.0 Å². The number of hydrogen-bond acceptors (Lipinski definition) is 5. The number of fused-ring (bicyclic) bond motifs is 1. The van der Waals surface area contributed by atoms with Crippen molar-refractivity contribution in [2.75, 3.05) is 10.6 Å². The van der Waals surface area contributed by atoms with Crippen molar-refractivity contribution in [1.29, 1.82) is 0 Å². The Morgan fingerprint density at radius 1 is 1.00 bits per heavy atom. The molecule has 31 heavy (non-hydrogen) atoms. The van der Waals surface area contributed by atoms with Gasteiger partial charge in [-0.25, -0.2) is 4.98 Å².